The van der Waals surface area contributed by atoms with Crippen LogP contribution in [0.25, 0.3) is 0 Å². The van der Waals surface area contributed by atoms with Crippen molar-refractivity contribution in [2.45, 2.75) is 57.4 Å². The molecule has 0 radical (unpaired) electrons. The van der Waals surface area contributed by atoms with E-state index in [0.29, 0.717) is 25.2 Å². The number of amides is 1. The second-order valence-electron chi connectivity index (χ2n) is 7.24. The van der Waals surface area contributed by atoms with E-state index in [4.69, 9.17) is 11.6 Å². The van der Waals surface area contributed by atoms with Gasteiger partial charge < -0.3 is 5.32 Å². The minimum atomic E-state index is -3.71. The van der Waals surface area contributed by atoms with Gasteiger partial charge in [0, 0.05) is 31.2 Å². The molecule has 0 aliphatic carbocycles. The second-order valence-corrected chi connectivity index (χ2v) is 9.56. The van der Waals surface area contributed by atoms with Crippen LogP contribution in [-0.4, -0.2) is 62.3 Å². The van der Waals surface area contributed by atoms with Crippen molar-refractivity contribution in [1.29, 1.82) is 0 Å². The number of hydrogen-bond acceptors (Lipinski definition) is 4. The van der Waals surface area contributed by atoms with Crippen molar-refractivity contribution in [1.82, 2.24) is 14.5 Å². The van der Waals surface area contributed by atoms with E-state index in [-0.39, 0.29) is 21.9 Å². The normalized spacial score (nSPS) is 17.3. The van der Waals surface area contributed by atoms with E-state index < -0.39 is 10.0 Å². The fourth-order valence-electron chi connectivity index (χ4n) is 3.58. The summed E-state index contributed by atoms with van der Waals surface area (Å²) in [5, 5.41) is 3.05. The standard InChI is InChI=1S/C20H32ClN3O3S/c1-4-23(5-2)16(3)15-22-20(25)17-10-11-18(21)19(14-17)28(26,27)24-12-8-6-7-9-13-24/h10-11,14,16H,4-9,12-13,15H2,1-3H3,(H,22,25). The molecule has 0 spiro atoms. The van der Waals surface area contributed by atoms with Gasteiger partial charge in [-0.2, -0.15) is 4.31 Å². The molecular weight excluding hydrogens is 398 g/mol. The Morgan fingerprint density at radius 3 is 2.36 bits per heavy atom. The van der Waals surface area contributed by atoms with E-state index in [1.54, 1.807) is 6.07 Å². The highest BCUT2D eigenvalue weighted by atomic mass is 35.5. The first-order chi connectivity index (χ1) is 13.3. The van der Waals surface area contributed by atoms with Crippen molar-refractivity contribution in [2.75, 3.05) is 32.7 Å². The molecule has 1 amide bonds. The topological polar surface area (TPSA) is 69.7 Å². The van der Waals surface area contributed by atoms with Gasteiger partial charge in [0.2, 0.25) is 10.0 Å². The van der Waals surface area contributed by atoms with Crippen molar-refractivity contribution in [2.24, 2.45) is 0 Å². The number of nitrogens with one attached hydrogen (secondary N) is 1. The molecular formula is C20H32ClN3O3S. The van der Waals surface area contributed by atoms with Crippen molar-refractivity contribution in [3.05, 3.63) is 28.8 Å². The summed E-state index contributed by atoms with van der Waals surface area (Å²) in [6, 6.07) is 4.67. The summed E-state index contributed by atoms with van der Waals surface area (Å²) in [5.41, 5.74) is 0.310. The van der Waals surface area contributed by atoms with E-state index in [1.807, 2.05) is 0 Å². The third kappa shape index (κ3) is 5.69. The Balaban J connectivity index is 2.16. The largest absolute Gasteiger partial charge is 0.350 e. The summed E-state index contributed by atoms with van der Waals surface area (Å²) < 4.78 is 27.6. The van der Waals surface area contributed by atoms with Crippen LogP contribution in [0.1, 0.15) is 56.8 Å². The molecule has 1 aliphatic heterocycles. The molecule has 1 aromatic carbocycles. The van der Waals surface area contributed by atoms with Crippen LogP contribution in [0, 0.1) is 0 Å². The monoisotopic (exact) mass is 429 g/mol. The predicted octanol–water partition coefficient (Wildman–Crippen LogP) is 3.36. The Kier molecular flexibility index (Phi) is 8.74. The molecule has 28 heavy (non-hydrogen) atoms. The van der Waals surface area contributed by atoms with E-state index in [2.05, 4.69) is 31.0 Å². The third-order valence-corrected chi connectivity index (χ3v) is 7.75. The molecule has 2 rings (SSSR count). The highest BCUT2D eigenvalue weighted by Gasteiger charge is 2.28. The van der Waals surface area contributed by atoms with Crippen LogP contribution in [0.5, 0.6) is 0 Å². The zero-order valence-electron chi connectivity index (χ0n) is 17.1. The van der Waals surface area contributed by atoms with Crippen molar-refractivity contribution >= 4 is 27.5 Å². The molecule has 0 aromatic heterocycles. The molecule has 1 atom stereocenters. The van der Waals surface area contributed by atoms with E-state index in [9.17, 15) is 13.2 Å². The molecule has 1 saturated heterocycles. The molecule has 1 aliphatic rings. The summed E-state index contributed by atoms with van der Waals surface area (Å²) in [6.45, 7) is 9.54. The Bertz CT molecular complexity index is 758. The van der Waals surface area contributed by atoms with Gasteiger partial charge >= 0.3 is 0 Å². The fraction of sp³-hybridized carbons (Fsp3) is 0.650. The summed E-state index contributed by atoms with van der Waals surface area (Å²) in [6.07, 6.45) is 3.76. The van der Waals surface area contributed by atoms with Gasteiger partial charge in [0.25, 0.3) is 5.91 Å². The van der Waals surface area contributed by atoms with Crippen LogP contribution in [0.2, 0.25) is 5.02 Å². The number of carbonyl (C=O) groups is 1. The summed E-state index contributed by atoms with van der Waals surface area (Å²) in [7, 11) is -3.71. The minimum absolute atomic E-state index is 0.0144. The first-order valence-electron chi connectivity index (χ1n) is 10.1. The van der Waals surface area contributed by atoms with Crippen LogP contribution in [0.3, 0.4) is 0 Å². The van der Waals surface area contributed by atoms with Crippen LogP contribution in [0.4, 0.5) is 0 Å². The van der Waals surface area contributed by atoms with Crippen molar-refractivity contribution in [3.8, 4) is 0 Å². The Morgan fingerprint density at radius 1 is 1.18 bits per heavy atom. The zero-order chi connectivity index (χ0) is 20.7. The van der Waals surface area contributed by atoms with Gasteiger partial charge in [-0.3, -0.25) is 9.69 Å². The van der Waals surface area contributed by atoms with Gasteiger partial charge in [-0.05, 0) is 51.1 Å². The molecule has 1 aromatic rings. The van der Waals surface area contributed by atoms with E-state index >= 15 is 0 Å². The highest BCUT2D eigenvalue weighted by molar-refractivity contribution is 7.89. The molecule has 8 heteroatoms. The average Bonchev–Trinajstić information content (AvgIpc) is 2.97. The molecule has 1 heterocycles. The molecule has 1 N–H and O–H groups in total. The first kappa shape index (κ1) is 23.1. The summed E-state index contributed by atoms with van der Waals surface area (Å²) in [5.74, 6) is -0.289. The van der Waals surface area contributed by atoms with Crippen LogP contribution < -0.4 is 5.32 Å². The van der Waals surface area contributed by atoms with E-state index in [0.717, 1.165) is 38.8 Å². The van der Waals surface area contributed by atoms with Crippen LogP contribution >= 0.6 is 11.6 Å². The SMILES string of the molecule is CCN(CC)C(C)CNC(=O)c1ccc(Cl)c(S(=O)(=O)N2CCCCCC2)c1. The minimum Gasteiger partial charge on any atom is -0.350 e. The third-order valence-electron chi connectivity index (χ3n) is 5.37. The van der Waals surface area contributed by atoms with Gasteiger partial charge in [-0.25, -0.2) is 8.42 Å². The van der Waals surface area contributed by atoms with Gasteiger partial charge in [0.1, 0.15) is 4.90 Å². The smallest absolute Gasteiger partial charge is 0.251 e. The van der Waals surface area contributed by atoms with Crippen LogP contribution in [-0.2, 0) is 10.0 Å². The number of nitrogens with zero attached hydrogens (tertiary/aromatic N) is 2. The maximum atomic E-state index is 13.1. The van der Waals surface area contributed by atoms with Gasteiger partial charge in [-0.1, -0.05) is 38.3 Å². The second kappa shape index (κ2) is 10.6. The maximum Gasteiger partial charge on any atom is 0.251 e. The zero-order valence-corrected chi connectivity index (χ0v) is 18.7. The lowest BCUT2D eigenvalue weighted by Crippen LogP contribution is -2.42. The van der Waals surface area contributed by atoms with Crippen LogP contribution in [0.15, 0.2) is 23.1 Å². The van der Waals surface area contributed by atoms with Crippen molar-refractivity contribution < 1.29 is 13.2 Å². The number of hydrogen-bond donors (Lipinski definition) is 1. The van der Waals surface area contributed by atoms with Gasteiger partial charge in [-0.15, -0.1) is 0 Å². The molecule has 6 nitrogen and oxygen atoms in total. The van der Waals surface area contributed by atoms with Crippen molar-refractivity contribution in [3.63, 3.8) is 0 Å². The average molecular weight is 430 g/mol. The summed E-state index contributed by atoms with van der Waals surface area (Å²) >= 11 is 6.21. The highest BCUT2D eigenvalue weighted by Crippen LogP contribution is 2.27. The molecule has 1 fully saturated rings. The number of rotatable bonds is 8. The Hall–Kier alpha value is -1.15. The lowest BCUT2D eigenvalue weighted by atomic mass is 10.2. The lowest BCUT2D eigenvalue weighted by molar-refractivity contribution is 0.0938. The lowest BCUT2D eigenvalue weighted by Gasteiger charge is -2.26. The fourth-order valence-corrected chi connectivity index (χ4v) is 5.60. The Morgan fingerprint density at radius 2 is 1.79 bits per heavy atom. The van der Waals surface area contributed by atoms with Gasteiger partial charge in [0.15, 0.2) is 0 Å². The molecule has 0 bridgehead atoms. The number of likely N-dealkylation sites (N-methyl/N-ethyl adjacent to an activating group) is 1. The number of benzene rings is 1. The first-order valence-corrected chi connectivity index (χ1v) is 11.9. The van der Waals surface area contributed by atoms with E-state index in [1.165, 1.54) is 16.4 Å². The summed E-state index contributed by atoms with van der Waals surface area (Å²) in [4.78, 5) is 14.9. The Labute approximate surface area is 174 Å². The number of sulfonamides is 1. The number of halogens is 1. The molecule has 0 saturated carbocycles. The predicted molar refractivity (Wildman–Crippen MR) is 113 cm³/mol. The molecule has 1 unspecified atom stereocenters. The van der Waals surface area contributed by atoms with Gasteiger partial charge in [0.05, 0.1) is 5.02 Å². The number of carbonyl (C=O) groups excluding carboxylic acids is 1. The maximum absolute atomic E-state index is 13.1. The quantitative estimate of drug-likeness (QED) is 0.687. The molecule has 158 valence electrons.